The lowest BCUT2D eigenvalue weighted by atomic mass is 10.3. The van der Waals surface area contributed by atoms with Crippen LogP contribution in [-0.2, 0) is 4.79 Å². The number of hydrogen-bond donors (Lipinski definition) is 2. The van der Waals surface area contributed by atoms with Gasteiger partial charge in [-0.2, -0.15) is 5.10 Å². The fourth-order valence-electron chi connectivity index (χ4n) is 1.53. The number of aryl methyl sites for hydroxylation is 1. The maximum absolute atomic E-state index is 11.9. The van der Waals surface area contributed by atoms with E-state index in [0.29, 0.717) is 10.7 Å². The summed E-state index contributed by atoms with van der Waals surface area (Å²) in [5.41, 5.74) is 0.848. The number of anilines is 1. The third-order valence-electron chi connectivity index (χ3n) is 2.55. The lowest BCUT2D eigenvalue weighted by molar-refractivity contribution is -0.116. The van der Waals surface area contributed by atoms with Gasteiger partial charge >= 0.3 is 0 Å². The van der Waals surface area contributed by atoms with Crippen molar-refractivity contribution in [2.45, 2.75) is 6.92 Å². The van der Waals surface area contributed by atoms with Crippen LogP contribution in [0.1, 0.15) is 15.2 Å². The topological polar surface area (TPSA) is 78.1 Å². The molecule has 0 aliphatic rings. The van der Waals surface area contributed by atoms with Crippen molar-refractivity contribution >= 4 is 29.0 Å². The summed E-state index contributed by atoms with van der Waals surface area (Å²) in [5, 5.41) is 11.0. The minimum Gasteiger partial charge on any atom is -0.332 e. The minimum atomic E-state index is -0.264. The molecule has 2 rings (SSSR count). The predicted octanol–water partition coefficient (Wildman–Crippen LogP) is 1.49. The van der Waals surface area contributed by atoms with Crippen molar-refractivity contribution in [3.8, 4) is 0 Å². The number of carbonyl (C=O) groups is 2. The van der Waals surface area contributed by atoms with Gasteiger partial charge in [-0.05, 0) is 18.4 Å². The summed E-state index contributed by atoms with van der Waals surface area (Å²) >= 11 is 1.36. The van der Waals surface area contributed by atoms with Crippen molar-refractivity contribution in [1.29, 1.82) is 0 Å². The standard InChI is InChI=1S/C12H14N4O2S/c1-8-6-13-15-11(8)14-10(17)7-16(2)12(18)9-4-3-5-19-9/h3-6H,7H2,1-2H3,(H2,13,14,15,17). The number of aromatic amines is 1. The van der Waals surface area contributed by atoms with Crippen molar-refractivity contribution in [2.75, 3.05) is 18.9 Å². The van der Waals surface area contributed by atoms with Gasteiger partial charge in [0.25, 0.3) is 5.91 Å². The zero-order valence-electron chi connectivity index (χ0n) is 10.6. The van der Waals surface area contributed by atoms with E-state index in [1.165, 1.54) is 16.2 Å². The molecule has 0 saturated heterocycles. The Kier molecular flexibility index (Phi) is 3.96. The number of hydrogen-bond acceptors (Lipinski definition) is 4. The smallest absolute Gasteiger partial charge is 0.264 e. The Hall–Kier alpha value is -2.15. The minimum absolute atomic E-state index is 0.00477. The Morgan fingerprint density at radius 1 is 1.53 bits per heavy atom. The highest BCUT2D eigenvalue weighted by atomic mass is 32.1. The summed E-state index contributed by atoms with van der Waals surface area (Å²) < 4.78 is 0. The number of nitrogens with zero attached hydrogens (tertiary/aromatic N) is 2. The zero-order valence-corrected chi connectivity index (χ0v) is 11.5. The molecule has 0 unspecified atom stereocenters. The summed E-state index contributed by atoms with van der Waals surface area (Å²) in [5.74, 6) is 0.133. The highest BCUT2D eigenvalue weighted by Gasteiger charge is 2.16. The highest BCUT2D eigenvalue weighted by Crippen LogP contribution is 2.11. The molecule has 0 saturated carbocycles. The van der Waals surface area contributed by atoms with E-state index in [9.17, 15) is 9.59 Å². The molecule has 2 aromatic heterocycles. The molecule has 100 valence electrons. The second-order valence-corrected chi connectivity index (χ2v) is 5.06. The second-order valence-electron chi connectivity index (χ2n) is 4.11. The molecule has 0 atom stereocenters. The number of aromatic nitrogens is 2. The van der Waals surface area contributed by atoms with Crippen LogP contribution < -0.4 is 5.32 Å². The van der Waals surface area contributed by atoms with E-state index >= 15 is 0 Å². The third kappa shape index (κ3) is 3.19. The molecular weight excluding hydrogens is 264 g/mol. The summed E-state index contributed by atoms with van der Waals surface area (Å²) in [6.07, 6.45) is 1.62. The Balaban J connectivity index is 1.92. The predicted molar refractivity (Wildman–Crippen MR) is 73.2 cm³/mol. The zero-order chi connectivity index (χ0) is 13.8. The van der Waals surface area contributed by atoms with E-state index in [4.69, 9.17) is 0 Å². The van der Waals surface area contributed by atoms with E-state index in [2.05, 4.69) is 15.5 Å². The van der Waals surface area contributed by atoms with Gasteiger partial charge in [-0.25, -0.2) is 0 Å². The Bertz CT molecular complexity index is 576. The number of amides is 2. The van der Waals surface area contributed by atoms with Crippen LogP contribution in [0.4, 0.5) is 5.82 Å². The fraction of sp³-hybridized carbons (Fsp3) is 0.250. The summed E-state index contributed by atoms with van der Waals surface area (Å²) in [6.45, 7) is 1.83. The van der Waals surface area contributed by atoms with Crippen molar-refractivity contribution in [1.82, 2.24) is 15.1 Å². The van der Waals surface area contributed by atoms with Crippen LogP contribution in [0.3, 0.4) is 0 Å². The molecule has 0 radical (unpaired) electrons. The largest absolute Gasteiger partial charge is 0.332 e. The fourth-order valence-corrected chi connectivity index (χ4v) is 2.24. The van der Waals surface area contributed by atoms with E-state index in [1.807, 2.05) is 12.3 Å². The molecule has 0 fully saturated rings. The van der Waals surface area contributed by atoms with Crippen LogP contribution in [0.5, 0.6) is 0 Å². The van der Waals surface area contributed by atoms with Crippen LogP contribution in [0.15, 0.2) is 23.7 Å². The lowest BCUT2D eigenvalue weighted by Gasteiger charge is -2.15. The number of thiophene rings is 1. The number of likely N-dealkylation sites (N-methyl/N-ethyl adjacent to an activating group) is 1. The van der Waals surface area contributed by atoms with Crippen LogP contribution in [0.25, 0.3) is 0 Å². The Labute approximate surface area is 114 Å². The quantitative estimate of drug-likeness (QED) is 0.889. The molecule has 7 heteroatoms. The first-order valence-electron chi connectivity index (χ1n) is 5.66. The van der Waals surface area contributed by atoms with Crippen LogP contribution >= 0.6 is 11.3 Å². The summed E-state index contributed by atoms with van der Waals surface area (Å²) in [6, 6.07) is 3.54. The van der Waals surface area contributed by atoms with Gasteiger partial charge in [0.1, 0.15) is 5.82 Å². The maximum atomic E-state index is 11.9. The lowest BCUT2D eigenvalue weighted by Crippen LogP contribution is -2.34. The molecular formula is C12H14N4O2S. The van der Waals surface area contributed by atoms with Crippen LogP contribution in [0.2, 0.25) is 0 Å². The molecule has 0 aromatic carbocycles. The first-order valence-corrected chi connectivity index (χ1v) is 6.54. The molecule has 0 aliphatic carbocycles. The van der Waals surface area contributed by atoms with E-state index in [0.717, 1.165) is 5.56 Å². The van der Waals surface area contributed by atoms with Crippen molar-refractivity contribution in [2.24, 2.45) is 0 Å². The summed E-state index contributed by atoms with van der Waals surface area (Å²) in [4.78, 5) is 25.7. The number of nitrogens with one attached hydrogen (secondary N) is 2. The van der Waals surface area contributed by atoms with Gasteiger partial charge < -0.3 is 10.2 Å². The van der Waals surface area contributed by atoms with Gasteiger partial charge in [0.15, 0.2) is 0 Å². The van der Waals surface area contributed by atoms with Gasteiger partial charge in [0.05, 0.1) is 17.6 Å². The van der Waals surface area contributed by atoms with Gasteiger partial charge in [-0.3, -0.25) is 14.7 Å². The molecule has 0 spiro atoms. The SMILES string of the molecule is Cc1cn[nH]c1NC(=O)CN(C)C(=O)c1cccs1. The van der Waals surface area contributed by atoms with Gasteiger partial charge in [-0.15, -0.1) is 11.3 Å². The second kappa shape index (κ2) is 5.66. The number of rotatable bonds is 4. The average Bonchev–Trinajstić information content (AvgIpc) is 3.01. The van der Waals surface area contributed by atoms with Crippen LogP contribution in [0, 0.1) is 6.92 Å². The Morgan fingerprint density at radius 3 is 2.89 bits per heavy atom. The third-order valence-corrected chi connectivity index (χ3v) is 3.41. The van der Waals surface area contributed by atoms with E-state index in [-0.39, 0.29) is 18.4 Å². The molecule has 2 amide bonds. The number of H-pyrrole nitrogens is 1. The van der Waals surface area contributed by atoms with E-state index in [1.54, 1.807) is 25.4 Å². The maximum Gasteiger partial charge on any atom is 0.264 e. The highest BCUT2D eigenvalue weighted by molar-refractivity contribution is 7.12. The average molecular weight is 278 g/mol. The van der Waals surface area contributed by atoms with Gasteiger partial charge in [-0.1, -0.05) is 6.07 Å². The van der Waals surface area contributed by atoms with Crippen molar-refractivity contribution in [3.05, 3.63) is 34.2 Å². The normalized spacial score (nSPS) is 10.2. The first-order chi connectivity index (χ1) is 9.08. The van der Waals surface area contributed by atoms with Gasteiger partial charge in [0, 0.05) is 12.6 Å². The molecule has 6 nitrogen and oxygen atoms in total. The van der Waals surface area contributed by atoms with Crippen molar-refractivity contribution < 1.29 is 9.59 Å². The van der Waals surface area contributed by atoms with Crippen molar-refractivity contribution in [3.63, 3.8) is 0 Å². The summed E-state index contributed by atoms with van der Waals surface area (Å²) in [7, 11) is 1.60. The first kappa shape index (κ1) is 13.3. The molecule has 2 aromatic rings. The molecule has 19 heavy (non-hydrogen) atoms. The monoisotopic (exact) mass is 278 g/mol. The van der Waals surface area contributed by atoms with Gasteiger partial charge in [0.2, 0.25) is 5.91 Å². The van der Waals surface area contributed by atoms with E-state index < -0.39 is 0 Å². The Morgan fingerprint density at radius 2 is 2.32 bits per heavy atom. The molecule has 2 N–H and O–H groups in total. The molecule has 0 aliphatic heterocycles. The molecule has 2 heterocycles. The molecule has 0 bridgehead atoms. The number of carbonyl (C=O) groups excluding carboxylic acids is 2. The van der Waals surface area contributed by atoms with Crippen LogP contribution in [-0.4, -0.2) is 40.5 Å².